The molecule has 7 heteroatoms. The average molecular weight is 391 g/mol. The molecular formula is C22H17NO6. The molecule has 0 bridgehead atoms. The molecule has 3 aromatic carbocycles. The zero-order valence-electron chi connectivity index (χ0n) is 16.0. The smallest absolute Gasteiger partial charge is 0.308 e. The largest absolute Gasteiger partial charge is 0.497 e. The van der Waals surface area contributed by atoms with Crippen molar-refractivity contribution >= 4 is 33.7 Å². The summed E-state index contributed by atoms with van der Waals surface area (Å²) in [7, 11) is 1.58. The Morgan fingerprint density at radius 2 is 1.45 bits per heavy atom. The molecule has 1 heterocycles. The van der Waals surface area contributed by atoms with Gasteiger partial charge in [0.25, 0.3) is 0 Å². The molecule has 0 unspecified atom stereocenters. The first-order valence-electron chi connectivity index (χ1n) is 8.85. The van der Waals surface area contributed by atoms with Crippen LogP contribution < -0.4 is 14.2 Å². The predicted octanol–water partition coefficient (Wildman–Crippen LogP) is 4.51. The number of carbonyl (C=O) groups is 2. The Bertz CT molecular complexity index is 1240. The summed E-state index contributed by atoms with van der Waals surface area (Å²) in [6.45, 7) is 2.63. The van der Waals surface area contributed by atoms with Crippen LogP contribution in [0.15, 0.2) is 53.1 Å². The fourth-order valence-corrected chi connectivity index (χ4v) is 3.23. The molecule has 29 heavy (non-hydrogen) atoms. The number of hydrogen-bond acceptors (Lipinski definition) is 7. The monoisotopic (exact) mass is 391 g/mol. The van der Waals surface area contributed by atoms with Gasteiger partial charge < -0.3 is 18.7 Å². The number of benzene rings is 3. The van der Waals surface area contributed by atoms with E-state index in [1.54, 1.807) is 43.5 Å². The Labute approximate surface area is 165 Å². The lowest BCUT2D eigenvalue weighted by molar-refractivity contribution is -0.132. The molecule has 0 aliphatic heterocycles. The van der Waals surface area contributed by atoms with E-state index in [0.717, 1.165) is 5.56 Å². The average Bonchev–Trinajstić information content (AvgIpc) is 3.15. The summed E-state index contributed by atoms with van der Waals surface area (Å²) in [5, 5.41) is 5.80. The topological polar surface area (TPSA) is 87.9 Å². The molecule has 0 saturated heterocycles. The van der Waals surface area contributed by atoms with Gasteiger partial charge in [-0.25, -0.2) is 0 Å². The highest BCUT2D eigenvalue weighted by Gasteiger charge is 2.26. The third-order valence-corrected chi connectivity index (χ3v) is 4.40. The lowest BCUT2D eigenvalue weighted by Crippen LogP contribution is -2.05. The third kappa shape index (κ3) is 3.27. The van der Waals surface area contributed by atoms with Crippen LogP contribution in [0.2, 0.25) is 0 Å². The van der Waals surface area contributed by atoms with Crippen molar-refractivity contribution in [1.82, 2.24) is 5.16 Å². The fraction of sp³-hybridized carbons (Fsp3) is 0.136. The Morgan fingerprint density at radius 3 is 2.03 bits per heavy atom. The van der Waals surface area contributed by atoms with Gasteiger partial charge in [0.05, 0.1) is 12.5 Å². The van der Waals surface area contributed by atoms with Crippen LogP contribution in [0.1, 0.15) is 13.8 Å². The number of nitrogens with zero attached hydrogens (tertiary/aromatic N) is 1. The molecule has 0 aliphatic carbocycles. The maximum Gasteiger partial charge on any atom is 0.308 e. The summed E-state index contributed by atoms with van der Waals surface area (Å²) in [5.41, 5.74) is 1.40. The molecule has 4 aromatic rings. The third-order valence-electron chi connectivity index (χ3n) is 4.40. The summed E-state index contributed by atoms with van der Waals surface area (Å²) < 4.78 is 21.8. The Balaban J connectivity index is 2.10. The van der Waals surface area contributed by atoms with Crippen LogP contribution in [0.5, 0.6) is 17.2 Å². The van der Waals surface area contributed by atoms with E-state index in [9.17, 15) is 9.59 Å². The molecule has 0 amide bonds. The number of rotatable bonds is 4. The first-order valence-corrected chi connectivity index (χ1v) is 8.85. The van der Waals surface area contributed by atoms with Crippen molar-refractivity contribution in [2.75, 3.05) is 7.11 Å². The van der Waals surface area contributed by atoms with Crippen molar-refractivity contribution in [3.63, 3.8) is 0 Å². The summed E-state index contributed by atoms with van der Waals surface area (Å²) in [6.07, 6.45) is 0. The number of fused-ring (bicyclic) bond motifs is 2. The Morgan fingerprint density at radius 1 is 0.862 bits per heavy atom. The number of esters is 2. The van der Waals surface area contributed by atoms with Crippen molar-refractivity contribution in [2.45, 2.75) is 13.8 Å². The van der Waals surface area contributed by atoms with Crippen LogP contribution in [0.3, 0.4) is 0 Å². The van der Waals surface area contributed by atoms with Crippen molar-refractivity contribution < 1.29 is 28.3 Å². The first kappa shape index (κ1) is 18.5. The predicted molar refractivity (Wildman–Crippen MR) is 106 cm³/mol. The summed E-state index contributed by atoms with van der Waals surface area (Å²) in [6, 6.07) is 14.3. The lowest BCUT2D eigenvalue weighted by atomic mass is 10.0. The molecule has 0 atom stereocenters. The van der Waals surface area contributed by atoms with E-state index in [0.29, 0.717) is 33.4 Å². The van der Waals surface area contributed by atoms with Gasteiger partial charge in [-0.1, -0.05) is 29.4 Å². The summed E-state index contributed by atoms with van der Waals surface area (Å²) in [5.74, 6) is 0.225. The summed E-state index contributed by atoms with van der Waals surface area (Å²) in [4.78, 5) is 23.6. The van der Waals surface area contributed by atoms with Crippen LogP contribution in [0.25, 0.3) is 33.0 Å². The number of aromatic nitrogens is 1. The molecule has 7 nitrogen and oxygen atoms in total. The van der Waals surface area contributed by atoms with E-state index < -0.39 is 11.9 Å². The van der Waals surface area contributed by atoms with Gasteiger partial charge in [0.15, 0.2) is 11.5 Å². The van der Waals surface area contributed by atoms with Gasteiger partial charge in [0.1, 0.15) is 11.4 Å². The normalized spacial score (nSPS) is 10.9. The standard InChI is InChI=1S/C22H17NO6/c1-12(24)27-20-16-6-4-5-7-17(16)21(28-13(2)25)22-18(20)19(23-29-22)14-8-10-15(26-3)11-9-14/h4-11H,1-3H3. The van der Waals surface area contributed by atoms with Crippen LogP contribution in [0, 0.1) is 0 Å². The second-order valence-corrected chi connectivity index (χ2v) is 6.35. The number of ether oxygens (including phenoxy) is 3. The minimum absolute atomic E-state index is 0.223. The number of methoxy groups -OCH3 is 1. The fourth-order valence-electron chi connectivity index (χ4n) is 3.23. The van der Waals surface area contributed by atoms with Gasteiger partial charge in [0, 0.05) is 30.2 Å². The van der Waals surface area contributed by atoms with E-state index in [2.05, 4.69) is 5.16 Å². The Kier molecular flexibility index (Phi) is 4.64. The van der Waals surface area contributed by atoms with Crippen molar-refractivity contribution in [3.8, 4) is 28.5 Å². The zero-order chi connectivity index (χ0) is 20.5. The van der Waals surface area contributed by atoms with E-state index in [1.165, 1.54) is 13.8 Å². The van der Waals surface area contributed by atoms with Gasteiger partial charge in [-0.15, -0.1) is 0 Å². The minimum atomic E-state index is -0.501. The zero-order valence-corrected chi connectivity index (χ0v) is 16.0. The van der Waals surface area contributed by atoms with E-state index in [4.69, 9.17) is 18.7 Å². The van der Waals surface area contributed by atoms with Gasteiger partial charge in [0.2, 0.25) is 5.58 Å². The first-order chi connectivity index (χ1) is 14.0. The van der Waals surface area contributed by atoms with E-state index in [1.807, 2.05) is 12.1 Å². The Hall–Kier alpha value is -3.87. The molecule has 4 rings (SSSR count). The second-order valence-electron chi connectivity index (χ2n) is 6.35. The molecule has 1 aromatic heterocycles. The lowest BCUT2D eigenvalue weighted by Gasteiger charge is -2.12. The highest BCUT2D eigenvalue weighted by molar-refractivity contribution is 6.14. The molecule has 0 saturated carbocycles. The minimum Gasteiger partial charge on any atom is -0.497 e. The maximum atomic E-state index is 11.8. The maximum absolute atomic E-state index is 11.8. The summed E-state index contributed by atoms with van der Waals surface area (Å²) >= 11 is 0. The van der Waals surface area contributed by atoms with Gasteiger partial charge in [-0.05, 0) is 24.3 Å². The van der Waals surface area contributed by atoms with E-state index >= 15 is 0 Å². The molecule has 0 spiro atoms. The molecule has 0 aliphatic rings. The highest BCUT2D eigenvalue weighted by atomic mass is 16.6. The number of carbonyl (C=O) groups excluding carboxylic acids is 2. The van der Waals surface area contributed by atoms with Gasteiger partial charge in [-0.3, -0.25) is 9.59 Å². The van der Waals surface area contributed by atoms with Crippen LogP contribution in [-0.4, -0.2) is 24.2 Å². The second kappa shape index (κ2) is 7.27. The van der Waals surface area contributed by atoms with E-state index in [-0.39, 0.29) is 11.3 Å². The van der Waals surface area contributed by atoms with Crippen LogP contribution >= 0.6 is 0 Å². The van der Waals surface area contributed by atoms with Gasteiger partial charge >= 0.3 is 11.9 Å². The van der Waals surface area contributed by atoms with Crippen LogP contribution in [0.4, 0.5) is 0 Å². The SMILES string of the molecule is COc1ccc(-c2noc3c(OC(C)=O)c4ccccc4c(OC(C)=O)c23)cc1. The molecule has 146 valence electrons. The molecular weight excluding hydrogens is 374 g/mol. The number of hydrogen-bond donors (Lipinski definition) is 0. The molecule has 0 fully saturated rings. The quantitative estimate of drug-likeness (QED) is 0.374. The van der Waals surface area contributed by atoms with Crippen molar-refractivity contribution in [3.05, 3.63) is 48.5 Å². The highest BCUT2D eigenvalue weighted by Crippen LogP contribution is 2.46. The van der Waals surface area contributed by atoms with Crippen molar-refractivity contribution in [2.24, 2.45) is 0 Å². The molecule has 0 radical (unpaired) electrons. The van der Waals surface area contributed by atoms with Crippen LogP contribution in [-0.2, 0) is 9.59 Å². The molecule has 0 N–H and O–H groups in total. The van der Waals surface area contributed by atoms with Crippen molar-refractivity contribution in [1.29, 1.82) is 0 Å². The van der Waals surface area contributed by atoms with Gasteiger partial charge in [-0.2, -0.15) is 0 Å².